The molecule has 0 spiro atoms. The smallest absolute Gasteiger partial charge is 0.0705 e. The van der Waals surface area contributed by atoms with Gasteiger partial charge in [-0.25, -0.2) is 0 Å². The molecule has 1 aliphatic rings. The molecule has 0 radical (unpaired) electrons. The van der Waals surface area contributed by atoms with E-state index in [-0.39, 0.29) is 0 Å². The largest absolute Gasteiger partial charge is 0.356 e. The van der Waals surface area contributed by atoms with Crippen molar-refractivity contribution in [3.63, 3.8) is 0 Å². The summed E-state index contributed by atoms with van der Waals surface area (Å²) in [5, 5.41) is 5.55. The zero-order chi connectivity index (χ0) is 14.7. The minimum Gasteiger partial charge on any atom is -0.356 e. The predicted octanol–water partition coefficient (Wildman–Crippen LogP) is 3.64. The lowest BCUT2D eigenvalue weighted by Gasteiger charge is -2.31. The number of rotatable bonds is 5. The predicted molar refractivity (Wildman–Crippen MR) is 89.9 cm³/mol. The van der Waals surface area contributed by atoms with Crippen LogP contribution in [0.3, 0.4) is 0 Å². The Balaban J connectivity index is 1.52. The summed E-state index contributed by atoms with van der Waals surface area (Å²) in [5.74, 6) is 0.802. The highest BCUT2D eigenvalue weighted by Gasteiger charge is 2.17. The maximum atomic E-state index is 6.44. The molecule has 1 saturated heterocycles. The van der Waals surface area contributed by atoms with Crippen LogP contribution in [0.1, 0.15) is 25.5 Å². The highest BCUT2D eigenvalue weighted by atomic mass is 35.5. The molecule has 21 heavy (non-hydrogen) atoms. The van der Waals surface area contributed by atoms with Gasteiger partial charge in [0.2, 0.25) is 0 Å². The van der Waals surface area contributed by atoms with Gasteiger partial charge in [-0.15, -0.1) is 0 Å². The van der Waals surface area contributed by atoms with Crippen molar-refractivity contribution in [3.8, 4) is 0 Å². The van der Waals surface area contributed by atoms with Gasteiger partial charge in [0.1, 0.15) is 0 Å². The molecule has 2 aromatic rings. The molecule has 0 amide bonds. The molecule has 2 heterocycles. The van der Waals surface area contributed by atoms with E-state index in [9.17, 15) is 0 Å². The van der Waals surface area contributed by atoms with Crippen molar-refractivity contribution >= 4 is 22.5 Å². The van der Waals surface area contributed by atoms with Crippen molar-refractivity contribution in [1.82, 2.24) is 15.2 Å². The number of hydrogen-bond donors (Lipinski definition) is 2. The van der Waals surface area contributed by atoms with Crippen LogP contribution in [0.2, 0.25) is 5.02 Å². The highest BCUT2D eigenvalue weighted by Crippen LogP contribution is 2.27. The van der Waals surface area contributed by atoms with E-state index < -0.39 is 0 Å². The Kier molecular flexibility index (Phi) is 4.84. The van der Waals surface area contributed by atoms with Gasteiger partial charge in [0, 0.05) is 23.1 Å². The summed E-state index contributed by atoms with van der Waals surface area (Å²) in [4.78, 5) is 5.95. The van der Waals surface area contributed by atoms with E-state index in [0.29, 0.717) is 0 Å². The van der Waals surface area contributed by atoms with Crippen LogP contribution in [0.25, 0.3) is 10.9 Å². The zero-order valence-corrected chi connectivity index (χ0v) is 13.4. The molecule has 0 bridgehead atoms. The quantitative estimate of drug-likeness (QED) is 0.883. The van der Waals surface area contributed by atoms with Gasteiger partial charge in [-0.1, -0.05) is 36.7 Å². The number of halogens is 1. The van der Waals surface area contributed by atoms with Crippen molar-refractivity contribution in [2.45, 2.75) is 26.3 Å². The zero-order valence-electron chi connectivity index (χ0n) is 12.7. The number of likely N-dealkylation sites (tertiary alicyclic amines) is 1. The maximum absolute atomic E-state index is 6.44. The number of piperidine rings is 1. The Morgan fingerprint density at radius 1 is 1.29 bits per heavy atom. The lowest BCUT2D eigenvalue weighted by molar-refractivity contribution is 0.190. The van der Waals surface area contributed by atoms with Gasteiger partial charge in [-0.2, -0.15) is 0 Å². The third-order valence-electron chi connectivity index (χ3n) is 4.60. The molecule has 0 saturated carbocycles. The van der Waals surface area contributed by atoms with E-state index in [4.69, 9.17) is 11.6 Å². The number of hydrogen-bond acceptors (Lipinski definition) is 2. The Labute approximate surface area is 131 Å². The second-order valence-electron chi connectivity index (χ2n) is 5.97. The average Bonchev–Trinajstić information content (AvgIpc) is 2.85. The molecule has 1 aromatic heterocycles. The Morgan fingerprint density at radius 2 is 2.05 bits per heavy atom. The summed E-state index contributed by atoms with van der Waals surface area (Å²) in [6, 6.07) is 8.21. The minimum atomic E-state index is 0.802. The van der Waals surface area contributed by atoms with E-state index in [1.54, 1.807) is 0 Å². The van der Waals surface area contributed by atoms with Gasteiger partial charge in [0.25, 0.3) is 0 Å². The van der Waals surface area contributed by atoms with E-state index in [1.165, 1.54) is 32.5 Å². The van der Waals surface area contributed by atoms with Crippen LogP contribution in [-0.4, -0.2) is 36.1 Å². The topological polar surface area (TPSA) is 31.1 Å². The normalized spacial score (nSPS) is 17.6. The molecule has 1 aliphatic heterocycles. The molecule has 3 rings (SSSR count). The van der Waals surface area contributed by atoms with Crippen molar-refractivity contribution < 1.29 is 0 Å². The van der Waals surface area contributed by atoms with Crippen molar-refractivity contribution in [1.29, 1.82) is 0 Å². The number of nitrogens with zero attached hydrogens (tertiary/aromatic N) is 1. The van der Waals surface area contributed by atoms with E-state index in [2.05, 4.69) is 34.3 Å². The fraction of sp³-hybridized carbons (Fsp3) is 0.529. The first-order valence-electron chi connectivity index (χ1n) is 7.96. The van der Waals surface area contributed by atoms with Crippen LogP contribution in [0, 0.1) is 5.92 Å². The molecule has 0 atom stereocenters. The Bertz CT molecular complexity index is 585. The molecule has 2 N–H and O–H groups in total. The first-order valence-corrected chi connectivity index (χ1v) is 8.34. The summed E-state index contributed by atoms with van der Waals surface area (Å²) in [6.07, 6.45) is 2.61. The lowest BCUT2D eigenvalue weighted by atomic mass is 9.97. The fourth-order valence-electron chi connectivity index (χ4n) is 3.19. The number of aromatic amines is 1. The number of aromatic nitrogens is 1. The summed E-state index contributed by atoms with van der Waals surface area (Å²) >= 11 is 6.44. The van der Waals surface area contributed by atoms with Crippen molar-refractivity contribution in [3.05, 3.63) is 35.0 Å². The highest BCUT2D eigenvalue weighted by molar-refractivity contribution is 6.36. The third-order valence-corrected chi connectivity index (χ3v) is 5.03. The van der Waals surface area contributed by atoms with Crippen molar-refractivity contribution in [2.75, 3.05) is 26.2 Å². The van der Waals surface area contributed by atoms with E-state index >= 15 is 0 Å². The molecular weight excluding hydrogens is 282 g/mol. The molecule has 1 fully saturated rings. The first kappa shape index (κ1) is 14.9. The number of nitrogens with one attached hydrogen (secondary N) is 2. The lowest BCUT2D eigenvalue weighted by Crippen LogP contribution is -2.37. The van der Waals surface area contributed by atoms with Gasteiger partial charge in [-0.3, -0.25) is 0 Å². The van der Waals surface area contributed by atoms with Gasteiger partial charge >= 0.3 is 0 Å². The van der Waals surface area contributed by atoms with Gasteiger partial charge in [-0.05, 0) is 51.0 Å². The fourth-order valence-corrected chi connectivity index (χ4v) is 3.47. The first-order chi connectivity index (χ1) is 10.3. The number of benzene rings is 1. The number of H-pyrrole nitrogens is 1. The summed E-state index contributed by atoms with van der Waals surface area (Å²) in [7, 11) is 0. The Morgan fingerprint density at radius 3 is 2.76 bits per heavy atom. The molecule has 0 aliphatic carbocycles. The molecule has 1 aromatic carbocycles. The Hall–Kier alpha value is -1.03. The number of para-hydroxylation sites is 1. The standard InChI is InChI=1S/C17H24ClN3/c1-2-21-9-7-13(8-10-21)11-19-12-16-17(18)14-5-3-4-6-15(14)20-16/h3-6,13,19-20H,2,7-12H2,1H3. The van der Waals surface area contributed by atoms with E-state index in [1.807, 2.05) is 12.1 Å². The van der Waals surface area contributed by atoms with Gasteiger partial charge in [0.15, 0.2) is 0 Å². The minimum absolute atomic E-state index is 0.802. The van der Waals surface area contributed by atoms with Crippen LogP contribution >= 0.6 is 11.6 Å². The van der Waals surface area contributed by atoms with Crippen LogP contribution in [0.15, 0.2) is 24.3 Å². The second-order valence-corrected chi connectivity index (χ2v) is 6.35. The summed E-state index contributed by atoms with van der Waals surface area (Å²) < 4.78 is 0. The monoisotopic (exact) mass is 305 g/mol. The van der Waals surface area contributed by atoms with Crippen LogP contribution in [-0.2, 0) is 6.54 Å². The molecule has 4 heteroatoms. The van der Waals surface area contributed by atoms with Crippen LogP contribution in [0.5, 0.6) is 0 Å². The average molecular weight is 306 g/mol. The molecule has 0 unspecified atom stereocenters. The summed E-state index contributed by atoms with van der Waals surface area (Å²) in [6.45, 7) is 7.83. The summed E-state index contributed by atoms with van der Waals surface area (Å²) in [5.41, 5.74) is 2.22. The number of fused-ring (bicyclic) bond motifs is 1. The van der Waals surface area contributed by atoms with Crippen molar-refractivity contribution in [2.24, 2.45) is 5.92 Å². The maximum Gasteiger partial charge on any atom is 0.0705 e. The van der Waals surface area contributed by atoms with Crippen LogP contribution in [0.4, 0.5) is 0 Å². The SMILES string of the molecule is CCN1CCC(CNCc2[nH]c3ccccc3c2Cl)CC1. The van der Waals surface area contributed by atoms with Gasteiger partial charge < -0.3 is 15.2 Å². The van der Waals surface area contributed by atoms with Gasteiger partial charge in [0.05, 0.1) is 5.02 Å². The molecular formula is C17H24ClN3. The van der Waals surface area contributed by atoms with E-state index in [0.717, 1.165) is 40.6 Å². The second kappa shape index (κ2) is 6.82. The molecule has 3 nitrogen and oxygen atoms in total. The third kappa shape index (κ3) is 3.42. The molecule has 114 valence electrons. The van der Waals surface area contributed by atoms with Crippen LogP contribution < -0.4 is 5.32 Å².